The lowest BCUT2D eigenvalue weighted by molar-refractivity contribution is 1.26. The first-order chi connectivity index (χ1) is 5.66. The molecular formula is C8H4BrCl2N. The number of hydrogen-bond acceptors (Lipinski definition) is 1. The fourth-order valence-electron chi connectivity index (χ4n) is 0.810. The zero-order valence-electron chi connectivity index (χ0n) is 5.94. The largest absolute Gasteiger partial charge is 0.198 e. The van der Waals surface area contributed by atoms with Crippen molar-refractivity contribution in [1.82, 2.24) is 0 Å². The number of benzene rings is 1. The average Bonchev–Trinajstić information content (AvgIpc) is 2.06. The summed E-state index contributed by atoms with van der Waals surface area (Å²) < 4.78 is 0.763. The monoisotopic (exact) mass is 263 g/mol. The summed E-state index contributed by atoms with van der Waals surface area (Å²) in [6, 6.07) is 5.47. The van der Waals surface area contributed by atoms with Gasteiger partial charge in [0.25, 0.3) is 0 Å². The van der Waals surface area contributed by atoms with Crippen molar-refractivity contribution in [3.63, 3.8) is 0 Å². The van der Waals surface area contributed by atoms with E-state index in [2.05, 4.69) is 15.9 Å². The molecule has 0 saturated carbocycles. The smallest absolute Gasteiger partial charge is 0.0670 e. The lowest BCUT2D eigenvalue weighted by atomic mass is 10.2. The highest BCUT2D eigenvalue weighted by Crippen LogP contribution is 2.31. The molecule has 0 aliphatic carbocycles. The van der Waals surface area contributed by atoms with E-state index >= 15 is 0 Å². The lowest BCUT2D eigenvalue weighted by Crippen LogP contribution is -1.86. The molecule has 0 fully saturated rings. The van der Waals surface area contributed by atoms with Gasteiger partial charge < -0.3 is 0 Å². The van der Waals surface area contributed by atoms with Crippen LogP contribution >= 0.6 is 39.1 Å². The Morgan fingerprint density at radius 3 is 2.67 bits per heavy atom. The van der Waals surface area contributed by atoms with E-state index in [0.717, 1.165) is 4.47 Å². The van der Waals surface area contributed by atoms with Gasteiger partial charge in [-0.15, -0.1) is 0 Å². The summed E-state index contributed by atoms with van der Waals surface area (Å²) in [7, 11) is 0. The summed E-state index contributed by atoms with van der Waals surface area (Å²) >= 11 is 15.0. The van der Waals surface area contributed by atoms with Crippen molar-refractivity contribution in [2.24, 2.45) is 0 Å². The first-order valence-corrected chi connectivity index (χ1v) is 4.71. The van der Waals surface area contributed by atoms with Crippen LogP contribution in [0.4, 0.5) is 0 Å². The second kappa shape index (κ2) is 4.13. The number of nitrogens with zero attached hydrogens (tertiary/aromatic N) is 1. The van der Waals surface area contributed by atoms with Gasteiger partial charge in [0.2, 0.25) is 0 Å². The SMILES string of the molecule is N#CCc1c(Cl)ccc(Br)c1Cl. The van der Waals surface area contributed by atoms with E-state index in [0.29, 0.717) is 15.6 Å². The predicted molar refractivity (Wildman–Crippen MR) is 53.5 cm³/mol. The van der Waals surface area contributed by atoms with Crippen molar-refractivity contribution >= 4 is 39.1 Å². The second-order valence-corrected chi connectivity index (χ2v) is 3.80. The standard InChI is InChI=1S/C8H4BrCl2N/c9-6-1-2-7(10)5(3-4-12)8(6)11/h1-2H,3H2. The molecule has 1 nitrogen and oxygen atoms in total. The van der Waals surface area contributed by atoms with Crippen molar-refractivity contribution in [1.29, 1.82) is 5.26 Å². The van der Waals surface area contributed by atoms with E-state index in [-0.39, 0.29) is 6.42 Å². The van der Waals surface area contributed by atoms with Gasteiger partial charge in [-0.1, -0.05) is 23.2 Å². The fraction of sp³-hybridized carbons (Fsp3) is 0.125. The summed E-state index contributed by atoms with van der Waals surface area (Å²) in [6.07, 6.45) is 0.233. The molecular weight excluding hydrogens is 261 g/mol. The molecule has 0 saturated heterocycles. The van der Waals surface area contributed by atoms with Crippen LogP contribution in [0.2, 0.25) is 10.0 Å². The molecule has 0 atom stereocenters. The molecule has 0 radical (unpaired) electrons. The Bertz CT molecular complexity index is 344. The van der Waals surface area contributed by atoms with E-state index < -0.39 is 0 Å². The van der Waals surface area contributed by atoms with Crippen LogP contribution in [0.15, 0.2) is 16.6 Å². The van der Waals surface area contributed by atoms with Crippen LogP contribution in [0.3, 0.4) is 0 Å². The molecule has 4 heteroatoms. The van der Waals surface area contributed by atoms with E-state index in [1.54, 1.807) is 12.1 Å². The van der Waals surface area contributed by atoms with Crippen molar-refractivity contribution in [2.45, 2.75) is 6.42 Å². The number of halogens is 3. The number of nitriles is 1. The van der Waals surface area contributed by atoms with E-state index in [4.69, 9.17) is 28.5 Å². The van der Waals surface area contributed by atoms with Crippen LogP contribution in [0.5, 0.6) is 0 Å². The Labute approximate surface area is 89.0 Å². The summed E-state index contributed by atoms with van der Waals surface area (Å²) in [4.78, 5) is 0. The molecule has 0 N–H and O–H groups in total. The molecule has 0 spiro atoms. The fourth-order valence-corrected chi connectivity index (χ4v) is 1.69. The Morgan fingerprint density at radius 2 is 2.08 bits per heavy atom. The van der Waals surface area contributed by atoms with Gasteiger partial charge in [0.05, 0.1) is 17.5 Å². The molecule has 0 bridgehead atoms. The molecule has 12 heavy (non-hydrogen) atoms. The van der Waals surface area contributed by atoms with Crippen molar-refractivity contribution in [3.8, 4) is 6.07 Å². The third kappa shape index (κ3) is 1.92. The first-order valence-electron chi connectivity index (χ1n) is 3.16. The highest BCUT2D eigenvalue weighted by Gasteiger charge is 2.07. The minimum Gasteiger partial charge on any atom is -0.198 e. The molecule has 0 heterocycles. The Morgan fingerprint density at radius 1 is 1.42 bits per heavy atom. The van der Waals surface area contributed by atoms with Crippen LogP contribution in [-0.2, 0) is 6.42 Å². The van der Waals surface area contributed by atoms with Gasteiger partial charge >= 0.3 is 0 Å². The van der Waals surface area contributed by atoms with Crippen LogP contribution in [0.25, 0.3) is 0 Å². The maximum atomic E-state index is 8.48. The maximum absolute atomic E-state index is 8.48. The third-order valence-electron chi connectivity index (χ3n) is 1.39. The summed E-state index contributed by atoms with van der Waals surface area (Å²) in [5.74, 6) is 0. The van der Waals surface area contributed by atoms with Gasteiger partial charge in [0, 0.05) is 15.1 Å². The zero-order valence-corrected chi connectivity index (χ0v) is 9.04. The maximum Gasteiger partial charge on any atom is 0.0670 e. The van der Waals surface area contributed by atoms with Crippen molar-refractivity contribution in [2.75, 3.05) is 0 Å². The molecule has 0 aliphatic rings. The minimum atomic E-state index is 0.233. The quantitative estimate of drug-likeness (QED) is 0.708. The first kappa shape index (κ1) is 9.85. The molecule has 0 aliphatic heterocycles. The van der Waals surface area contributed by atoms with Gasteiger partial charge in [-0.2, -0.15) is 5.26 Å². The van der Waals surface area contributed by atoms with Gasteiger partial charge in [0.15, 0.2) is 0 Å². The molecule has 0 aromatic heterocycles. The number of hydrogen-bond donors (Lipinski definition) is 0. The Kier molecular flexibility index (Phi) is 3.39. The van der Waals surface area contributed by atoms with Crippen LogP contribution in [0, 0.1) is 11.3 Å². The van der Waals surface area contributed by atoms with Gasteiger partial charge in [-0.05, 0) is 28.1 Å². The molecule has 62 valence electrons. The summed E-state index contributed by atoms with van der Waals surface area (Å²) in [5, 5.41) is 9.53. The minimum absolute atomic E-state index is 0.233. The van der Waals surface area contributed by atoms with Gasteiger partial charge in [-0.25, -0.2) is 0 Å². The Balaban J connectivity index is 3.25. The van der Waals surface area contributed by atoms with Crippen LogP contribution < -0.4 is 0 Å². The average molecular weight is 265 g/mol. The van der Waals surface area contributed by atoms with Crippen molar-refractivity contribution in [3.05, 3.63) is 32.2 Å². The predicted octanol–water partition coefficient (Wildman–Crippen LogP) is 3.82. The van der Waals surface area contributed by atoms with E-state index in [1.807, 2.05) is 6.07 Å². The molecule has 1 aromatic rings. The lowest BCUT2D eigenvalue weighted by Gasteiger charge is -2.03. The molecule has 1 aromatic carbocycles. The van der Waals surface area contributed by atoms with Crippen LogP contribution in [0.1, 0.15) is 5.56 Å². The van der Waals surface area contributed by atoms with E-state index in [9.17, 15) is 0 Å². The normalized spacial score (nSPS) is 9.50. The molecule has 1 rings (SSSR count). The molecule has 0 amide bonds. The van der Waals surface area contributed by atoms with E-state index in [1.165, 1.54) is 0 Å². The van der Waals surface area contributed by atoms with Crippen LogP contribution in [-0.4, -0.2) is 0 Å². The highest BCUT2D eigenvalue weighted by molar-refractivity contribution is 9.10. The van der Waals surface area contributed by atoms with Gasteiger partial charge in [0.1, 0.15) is 0 Å². The van der Waals surface area contributed by atoms with Gasteiger partial charge in [-0.3, -0.25) is 0 Å². The summed E-state index contributed by atoms with van der Waals surface area (Å²) in [6.45, 7) is 0. The van der Waals surface area contributed by atoms with Crippen molar-refractivity contribution < 1.29 is 0 Å². The number of rotatable bonds is 1. The third-order valence-corrected chi connectivity index (χ3v) is 3.07. The zero-order chi connectivity index (χ0) is 9.14. The summed E-state index contributed by atoms with van der Waals surface area (Å²) in [5.41, 5.74) is 0.676. The topological polar surface area (TPSA) is 23.8 Å². The highest BCUT2D eigenvalue weighted by atomic mass is 79.9. The molecule has 0 unspecified atom stereocenters. The Hall–Kier alpha value is -0.230. The second-order valence-electron chi connectivity index (χ2n) is 2.16.